The number of hydrazone groups is 1. The lowest BCUT2D eigenvalue weighted by Gasteiger charge is -2.08. The molecule has 0 aliphatic rings. The molecule has 0 saturated heterocycles. The molecule has 0 unspecified atom stereocenters. The number of benzene rings is 2. The molecular weight excluding hydrogens is 384 g/mol. The van der Waals surface area contributed by atoms with Crippen molar-refractivity contribution >= 4 is 24.2 Å². The highest BCUT2D eigenvalue weighted by Crippen LogP contribution is 2.27. The SMILES string of the molecule is COc1cc(C=NNC(=O)c2cnccn2)ccc1OC(=O)C=Cc1ccccc1. The van der Waals surface area contributed by atoms with E-state index < -0.39 is 11.9 Å². The Morgan fingerprint density at radius 1 is 1.03 bits per heavy atom. The van der Waals surface area contributed by atoms with E-state index in [1.54, 1.807) is 24.3 Å². The Hall–Kier alpha value is -4.33. The van der Waals surface area contributed by atoms with Gasteiger partial charge in [0.2, 0.25) is 0 Å². The van der Waals surface area contributed by atoms with E-state index in [9.17, 15) is 9.59 Å². The fourth-order valence-electron chi connectivity index (χ4n) is 2.36. The van der Waals surface area contributed by atoms with Gasteiger partial charge in [-0.15, -0.1) is 0 Å². The van der Waals surface area contributed by atoms with Gasteiger partial charge in [0.05, 0.1) is 19.5 Å². The smallest absolute Gasteiger partial charge is 0.336 e. The van der Waals surface area contributed by atoms with Crippen molar-refractivity contribution in [2.75, 3.05) is 7.11 Å². The van der Waals surface area contributed by atoms with Gasteiger partial charge in [0.15, 0.2) is 11.5 Å². The quantitative estimate of drug-likeness (QED) is 0.214. The molecule has 0 fully saturated rings. The van der Waals surface area contributed by atoms with E-state index >= 15 is 0 Å². The molecule has 0 radical (unpaired) electrons. The Morgan fingerprint density at radius 3 is 2.60 bits per heavy atom. The normalized spacial score (nSPS) is 10.8. The second kappa shape index (κ2) is 10.3. The van der Waals surface area contributed by atoms with Crippen LogP contribution in [0, 0.1) is 0 Å². The van der Waals surface area contributed by atoms with Crippen molar-refractivity contribution in [2.45, 2.75) is 0 Å². The molecule has 8 heteroatoms. The molecule has 1 N–H and O–H groups in total. The molecule has 0 saturated carbocycles. The number of methoxy groups -OCH3 is 1. The molecular formula is C22H18N4O4. The second-order valence-electron chi connectivity index (χ2n) is 5.87. The van der Waals surface area contributed by atoms with Crippen LogP contribution in [0.15, 0.2) is 78.3 Å². The van der Waals surface area contributed by atoms with Crippen molar-refractivity contribution in [2.24, 2.45) is 5.10 Å². The Balaban J connectivity index is 1.62. The Morgan fingerprint density at radius 2 is 1.87 bits per heavy atom. The van der Waals surface area contributed by atoms with Crippen LogP contribution in [-0.4, -0.2) is 35.2 Å². The van der Waals surface area contributed by atoms with E-state index in [0.717, 1.165) is 5.56 Å². The van der Waals surface area contributed by atoms with Crippen molar-refractivity contribution in [3.63, 3.8) is 0 Å². The molecule has 3 aromatic rings. The van der Waals surface area contributed by atoms with Gasteiger partial charge in [-0.05, 0) is 35.4 Å². The van der Waals surface area contributed by atoms with Crippen molar-refractivity contribution in [1.29, 1.82) is 0 Å². The van der Waals surface area contributed by atoms with E-state index in [4.69, 9.17) is 9.47 Å². The van der Waals surface area contributed by atoms with Gasteiger partial charge < -0.3 is 9.47 Å². The molecule has 3 rings (SSSR count). The molecule has 0 aliphatic carbocycles. The van der Waals surface area contributed by atoms with Gasteiger partial charge in [0.25, 0.3) is 5.91 Å². The molecule has 0 atom stereocenters. The minimum Gasteiger partial charge on any atom is -0.493 e. The number of amides is 1. The Bertz CT molecular complexity index is 1070. The van der Waals surface area contributed by atoms with Gasteiger partial charge >= 0.3 is 5.97 Å². The number of nitrogens with one attached hydrogen (secondary N) is 1. The molecule has 30 heavy (non-hydrogen) atoms. The van der Waals surface area contributed by atoms with E-state index in [1.165, 1.54) is 38.0 Å². The van der Waals surface area contributed by atoms with Gasteiger partial charge in [0.1, 0.15) is 5.69 Å². The number of esters is 1. The zero-order valence-corrected chi connectivity index (χ0v) is 16.1. The molecule has 0 bridgehead atoms. The Labute approximate surface area is 172 Å². The topological polar surface area (TPSA) is 103 Å². The highest BCUT2D eigenvalue weighted by Gasteiger charge is 2.09. The zero-order valence-electron chi connectivity index (χ0n) is 16.1. The Kier molecular flexibility index (Phi) is 6.99. The fraction of sp³-hybridized carbons (Fsp3) is 0.0455. The lowest BCUT2D eigenvalue weighted by Crippen LogP contribution is -2.19. The summed E-state index contributed by atoms with van der Waals surface area (Å²) in [7, 11) is 1.46. The molecule has 0 spiro atoms. The zero-order chi connectivity index (χ0) is 21.2. The van der Waals surface area contributed by atoms with E-state index in [0.29, 0.717) is 11.3 Å². The predicted octanol–water partition coefficient (Wildman–Crippen LogP) is 2.87. The molecule has 8 nitrogen and oxygen atoms in total. The van der Waals surface area contributed by atoms with Gasteiger partial charge in [0, 0.05) is 18.5 Å². The summed E-state index contributed by atoms with van der Waals surface area (Å²) >= 11 is 0. The maximum absolute atomic E-state index is 12.1. The van der Waals surface area contributed by atoms with Crippen LogP contribution < -0.4 is 14.9 Å². The van der Waals surface area contributed by atoms with Crippen molar-refractivity contribution in [1.82, 2.24) is 15.4 Å². The summed E-state index contributed by atoms with van der Waals surface area (Å²) in [4.78, 5) is 31.7. The van der Waals surface area contributed by atoms with Gasteiger partial charge in [-0.25, -0.2) is 15.2 Å². The van der Waals surface area contributed by atoms with Crippen LogP contribution in [0.25, 0.3) is 6.08 Å². The summed E-state index contributed by atoms with van der Waals surface area (Å²) in [5.41, 5.74) is 4.02. The summed E-state index contributed by atoms with van der Waals surface area (Å²) in [6.07, 6.45) is 8.65. The van der Waals surface area contributed by atoms with Gasteiger partial charge in [-0.1, -0.05) is 30.3 Å². The number of nitrogens with zero attached hydrogens (tertiary/aromatic N) is 3. The van der Waals surface area contributed by atoms with Crippen LogP contribution in [0.5, 0.6) is 11.5 Å². The number of ether oxygens (including phenoxy) is 2. The number of aromatic nitrogens is 2. The average molecular weight is 402 g/mol. The van der Waals surface area contributed by atoms with Gasteiger partial charge in [-0.2, -0.15) is 5.10 Å². The lowest BCUT2D eigenvalue weighted by molar-refractivity contribution is -0.129. The third-order valence-corrected chi connectivity index (χ3v) is 3.79. The maximum Gasteiger partial charge on any atom is 0.336 e. The molecule has 1 aromatic heterocycles. The third kappa shape index (κ3) is 5.83. The average Bonchev–Trinajstić information content (AvgIpc) is 2.79. The minimum absolute atomic E-state index is 0.151. The fourth-order valence-corrected chi connectivity index (χ4v) is 2.36. The van der Waals surface area contributed by atoms with Crippen LogP contribution >= 0.6 is 0 Å². The molecule has 0 aliphatic heterocycles. The molecule has 150 valence electrons. The number of carbonyl (C=O) groups is 2. The van der Waals surface area contributed by atoms with Gasteiger partial charge in [-0.3, -0.25) is 9.78 Å². The predicted molar refractivity (Wildman–Crippen MR) is 111 cm³/mol. The summed E-state index contributed by atoms with van der Waals surface area (Å²) in [5.74, 6) is -0.404. The van der Waals surface area contributed by atoms with Crippen LogP contribution in [0.2, 0.25) is 0 Å². The van der Waals surface area contributed by atoms with Crippen LogP contribution in [0.3, 0.4) is 0 Å². The number of hydrogen-bond acceptors (Lipinski definition) is 7. The van der Waals surface area contributed by atoms with Crippen molar-refractivity contribution in [3.8, 4) is 11.5 Å². The van der Waals surface area contributed by atoms with E-state index in [2.05, 4.69) is 20.5 Å². The first-order valence-corrected chi connectivity index (χ1v) is 8.88. The van der Waals surface area contributed by atoms with Crippen LogP contribution in [-0.2, 0) is 4.79 Å². The monoisotopic (exact) mass is 402 g/mol. The van der Waals surface area contributed by atoms with Crippen molar-refractivity contribution in [3.05, 3.63) is 90.0 Å². The molecule has 1 heterocycles. The van der Waals surface area contributed by atoms with Crippen molar-refractivity contribution < 1.29 is 19.1 Å². The summed E-state index contributed by atoms with van der Waals surface area (Å²) < 4.78 is 10.6. The number of carbonyl (C=O) groups excluding carboxylic acids is 2. The number of hydrogen-bond donors (Lipinski definition) is 1. The minimum atomic E-state index is -0.533. The van der Waals surface area contributed by atoms with Crippen LogP contribution in [0.1, 0.15) is 21.6 Å². The lowest BCUT2D eigenvalue weighted by atomic mass is 10.2. The first-order chi connectivity index (χ1) is 14.7. The second-order valence-corrected chi connectivity index (χ2v) is 5.87. The summed E-state index contributed by atoms with van der Waals surface area (Å²) in [5, 5.41) is 3.88. The molecule has 2 aromatic carbocycles. The highest BCUT2D eigenvalue weighted by atomic mass is 16.6. The highest BCUT2D eigenvalue weighted by molar-refractivity contribution is 5.93. The van der Waals surface area contributed by atoms with E-state index in [-0.39, 0.29) is 11.4 Å². The molecule has 1 amide bonds. The summed E-state index contributed by atoms with van der Waals surface area (Å²) in [6.45, 7) is 0. The maximum atomic E-state index is 12.1. The van der Waals surface area contributed by atoms with E-state index in [1.807, 2.05) is 30.3 Å². The van der Waals surface area contributed by atoms with Crippen LogP contribution in [0.4, 0.5) is 0 Å². The standard InChI is InChI=1S/C22H18N4O4/c1-29-20-13-17(14-25-26-22(28)18-15-23-11-12-24-18)7-9-19(20)30-21(27)10-8-16-5-3-2-4-6-16/h2-15H,1H3,(H,26,28). The first kappa shape index (κ1) is 20.4. The number of rotatable bonds is 7. The summed E-state index contributed by atoms with van der Waals surface area (Å²) in [6, 6.07) is 14.3. The third-order valence-electron chi connectivity index (χ3n) is 3.79. The largest absolute Gasteiger partial charge is 0.493 e. The first-order valence-electron chi connectivity index (χ1n) is 8.88.